The number of nitrogens with zero attached hydrogens (tertiary/aromatic N) is 7. The molecule has 7 heterocycles. The fraction of sp³-hybridized carbons (Fsp3) is 0.444. The highest BCUT2D eigenvalue weighted by molar-refractivity contribution is 6.05. The number of ether oxygens (including phenoxy) is 3. The van der Waals surface area contributed by atoms with E-state index in [1.54, 1.807) is 10.9 Å². The highest BCUT2D eigenvalue weighted by atomic mass is 16.6. The van der Waals surface area contributed by atoms with E-state index >= 15 is 0 Å². The number of fused-ring (bicyclic) bond motifs is 3. The first kappa shape index (κ1) is 31.5. The number of hydrogen-bond donors (Lipinski definition) is 2. The van der Waals surface area contributed by atoms with Gasteiger partial charge in [0, 0.05) is 49.3 Å². The second-order valence-corrected chi connectivity index (χ2v) is 13.1. The SMILES string of the molecule is CCc1nc(N2C[C@@H](Oc3ncc(C#Cc4cc(C)n(C)n4)cc3N3CCOC4(COC4)[C@@H]3C)C[C@H]2C(O)O)c2oc3ccccc3c2n1. The van der Waals surface area contributed by atoms with Gasteiger partial charge in [0.1, 0.15) is 40.0 Å². The molecule has 4 aromatic heterocycles. The van der Waals surface area contributed by atoms with Crippen LogP contribution >= 0.6 is 0 Å². The van der Waals surface area contributed by atoms with E-state index in [-0.39, 0.29) is 6.04 Å². The van der Waals surface area contributed by atoms with Gasteiger partial charge in [-0.25, -0.2) is 15.0 Å². The monoisotopic (exact) mass is 665 g/mol. The lowest BCUT2D eigenvalue weighted by Gasteiger charge is -2.53. The van der Waals surface area contributed by atoms with Crippen LogP contribution < -0.4 is 14.5 Å². The van der Waals surface area contributed by atoms with Crippen LogP contribution in [0.5, 0.6) is 5.88 Å². The Morgan fingerprint density at radius 2 is 1.96 bits per heavy atom. The molecule has 3 aliphatic heterocycles. The number of hydrogen-bond acceptors (Lipinski definition) is 12. The van der Waals surface area contributed by atoms with Crippen molar-refractivity contribution in [3.05, 3.63) is 65.4 Å². The molecule has 1 aromatic carbocycles. The third kappa shape index (κ3) is 5.54. The number of aliphatic hydroxyl groups is 2. The Morgan fingerprint density at radius 3 is 2.69 bits per heavy atom. The number of para-hydroxylation sites is 1. The molecule has 2 N–H and O–H groups in total. The van der Waals surface area contributed by atoms with E-state index < -0.39 is 24.0 Å². The minimum absolute atomic E-state index is 0.0114. The minimum Gasteiger partial charge on any atom is -0.471 e. The van der Waals surface area contributed by atoms with Crippen molar-refractivity contribution in [3.63, 3.8) is 0 Å². The van der Waals surface area contributed by atoms with Gasteiger partial charge >= 0.3 is 0 Å². The van der Waals surface area contributed by atoms with E-state index in [0.717, 1.165) is 22.3 Å². The molecule has 3 aliphatic rings. The molecule has 8 rings (SSSR count). The maximum Gasteiger partial charge on any atom is 0.237 e. The van der Waals surface area contributed by atoms with Crippen LogP contribution in [0.25, 0.3) is 22.1 Å². The summed E-state index contributed by atoms with van der Waals surface area (Å²) in [6, 6.07) is 11.0. The van der Waals surface area contributed by atoms with Gasteiger partial charge in [-0.1, -0.05) is 25.0 Å². The maximum atomic E-state index is 10.6. The average molecular weight is 666 g/mol. The number of anilines is 2. The summed E-state index contributed by atoms with van der Waals surface area (Å²) >= 11 is 0. The van der Waals surface area contributed by atoms with Gasteiger partial charge in [0.05, 0.1) is 38.4 Å². The van der Waals surface area contributed by atoms with Gasteiger partial charge in [0.2, 0.25) is 5.88 Å². The molecule has 254 valence electrons. The van der Waals surface area contributed by atoms with E-state index in [9.17, 15) is 10.2 Å². The number of furan rings is 1. The molecular formula is C36H39N7O6. The van der Waals surface area contributed by atoms with E-state index in [1.807, 2.05) is 62.2 Å². The Labute approximate surface area is 283 Å². The van der Waals surface area contributed by atoms with E-state index in [1.165, 1.54) is 0 Å². The third-order valence-electron chi connectivity index (χ3n) is 10.00. The zero-order chi connectivity index (χ0) is 33.9. The van der Waals surface area contributed by atoms with Crippen LogP contribution in [0.1, 0.15) is 43.0 Å². The summed E-state index contributed by atoms with van der Waals surface area (Å²) in [7, 11) is 1.89. The number of aromatic nitrogens is 5. The zero-order valence-corrected chi connectivity index (χ0v) is 28.0. The van der Waals surface area contributed by atoms with Gasteiger partial charge in [-0.15, -0.1) is 0 Å². The first-order chi connectivity index (χ1) is 23.7. The fourth-order valence-corrected chi connectivity index (χ4v) is 7.04. The molecule has 1 spiro atoms. The number of morpholine rings is 1. The van der Waals surface area contributed by atoms with Crippen LogP contribution in [-0.2, 0) is 22.9 Å². The molecule has 3 saturated heterocycles. The molecular weight excluding hydrogens is 626 g/mol. The number of aryl methyl sites for hydroxylation is 3. The molecule has 5 aromatic rings. The number of pyridine rings is 1. The van der Waals surface area contributed by atoms with Crippen molar-refractivity contribution in [1.82, 2.24) is 24.7 Å². The Balaban J connectivity index is 1.15. The van der Waals surface area contributed by atoms with Crippen molar-refractivity contribution in [1.29, 1.82) is 0 Å². The highest BCUT2D eigenvalue weighted by Crippen LogP contribution is 2.41. The summed E-state index contributed by atoms with van der Waals surface area (Å²) in [5.74, 6) is 7.98. The largest absolute Gasteiger partial charge is 0.471 e. The van der Waals surface area contributed by atoms with Gasteiger partial charge < -0.3 is 38.6 Å². The summed E-state index contributed by atoms with van der Waals surface area (Å²) in [6.45, 7) is 8.66. The van der Waals surface area contributed by atoms with Gasteiger partial charge in [-0.3, -0.25) is 4.68 Å². The molecule has 49 heavy (non-hydrogen) atoms. The molecule has 0 bridgehead atoms. The summed E-state index contributed by atoms with van der Waals surface area (Å²) in [4.78, 5) is 18.5. The van der Waals surface area contributed by atoms with Crippen LogP contribution in [0.4, 0.5) is 11.5 Å². The third-order valence-corrected chi connectivity index (χ3v) is 10.00. The molecule has 0 aliphatic carbocycles. The first-order valence-corrected chi connectivity index (χ1v) is 16.7. The molecule has 0 radical (unpaired) electrons. The van der Waals surface area contributed by atoms with Crippen LogP contribution in [0.15, 0.2) is 47.0 Å². The van der Waals surface area contributed by atoms with E-state index in [4.69, 9.17) is 33.6 Å². The normalized spacial score (nSPS) is 21.8. The number of aliphatic hydroxyl groups excluding tert-OH is 1. The van der Waals surface area contributed by atoms with Gasteiger partial charge in [-0.05, 0) is 44.0 Å². The Hall–Kier alpha value is -4.74. The molecule has 13 heteroatoms. The lowest BCUT2D eigenvalue weighted by molar-refractivity contribution is -0.228. The minimum atomic E-state index is -1.65. The second kappa shape index (κ2) is 12.3. The van der Waals surface area contributed by atoms with Crippen LogP contribution in [0.3, 0.4) is 0 Å². The molecule has 13 nitrogen and oxygen atoms in total. The van der Waals surface area contributed by atoms with Crippen molar-refractivity contribution in [3.8, 4) is 17.7 Å². The van der Waals surface area contributed by atoms with Crippen LogP contribution in [-0.4, -0.2) is 97.9 Å². The van der Waals surface area contributed by atoms with Crippen molar-refractivity contribution in [2.45, 2.75) is 63.7 Å². The summed E-state index contributed by atoms with van der Waals surface area (Å²) in [5, 5.41) is 26.6. The van der Waals surface area contributed by atoms with Crippen molar-refractivity contribution in [2.24, 2.45) is 7.05 Å². The molecule has 3 atom stereocenters. The topological polar surface area (TPSA) is 144 Å². The summed E-state index contributed by atoms with van der Waals surface area (Å²) in [6.07, 6.45) is 0.545. The summed E-state index contributed by atoms with van der Waals surface area (Å²) < 4.78 is 26.6. The standard InChI is InChI=1S/C36H39N7O6/c1-5-30-38-31-26-8-6-7-9-29(26)49-32(31)33(39-30)43-18-25(16-28(43)35(44)45)48-34-27(42-12-13-47-36(22(42)3)19-46-20-36)15-23(17-37-34)10-11-24-14-21(2)41(4)40-24/h6-9,14-15,17,22,25,28,35,44-45H,5,12-13,16,18-20H2,1-4H3/t22-,25-,28-/m0/s1. The summed E-state index contributed by atoms with van der Waals surface area (Å²) in [5.41, 5.74) is 4.71. The van der Waals surface area contributed by atoms with Crippen LogP contribution in [0, 0.1) is 18.8 Å². The average Bonchev–Trinajstić information content (AvgIpc) is 3.77. The lowest BCUT2D eigenvalue weighted by atomic mass is 9.90. The van der Waals surface area contributed by atoms with Crippen LogP contribution in [0.2, 0.25) is 0 Å². The number of rotatable bonds is 6. The van der Waals surface area contributed by atoms with Crippen molar-refractivity contribution < 1.29 is 28.8 Å². The quantitative estimate of drug-likeness (QED) is 0.203. The first-order valence-electron chi connectivity index (χ1n) is 16.7. The second-order valence-electron chi connectivity index (χ2n) is 13.1. The number of benzene rings is 1. The fourth-order valence-electron chi connectivity index (χ4n) is 7.04. The Kier molecular flexibility index (Phi) is 7.91. The molecule has 3 fully saturated rings. The van der Waals surface area contributed by atoms with Crippen molar-refractivity contribution >= 4 is 33.6 Å². The molecule has 0 unspecified atom stereocenters. The van der Waals surface area contributed by atoms with E-state index in [2.05, 4.69) is 28.8 Å². The highest BCUT2D eigenvalue weighted by Gasteiger charge is 2.50. The molecule has 0 amide bonds. The Morgan fingerprint density at radius 1 is 1.12 bits per heavy atom. The smallest absolute Gasteiger partial charge is 0.237 e. The Bertz CT molecular complexity index is 2070. The van der Waals surface area contributed by atoms with Gasteiger partial charge in [-0.2, -0.15) is 5.10 Å². The zero-order valence-electron chi connectivity index (χ0n) is 28.0. The van der Waals surface area contributed by atoms with Gasteiger partial charge in [0.15, 0.2) is 17.7 Å². The van der Waals surface area contributed by atoms with E-state index in [0.29, 0.717) is 85.7 Å². The predicted molar refractivity (Wildman–Crippen MR) is 182 cm³/mol. The van der Waals surface area contributed by atoms with Crippen molar-refractivity contribution in [2.75, 3.05) is 42.7 Å². The maximum absolute atomic E-state index is 10.6. The van der Waals surface area contributed by atoms with Gasteiger partial charge in [0.25, 0.3) is 0 Å². The molecule has 0 saturated carbocycles. The lowest BCUT2D eigenvalue weighted by Crippen LogP contribution is -2.68. The predicted octanol–water partition coefficient (Wildman–Crippen LogP) is 3.11.